The molecule has 0 aromatic heterocycles. The van der Waals surface area contributed by atoms with Crippen molar-refractivity contribution in [2.24, 2.45) is 0 Å². The molecular formula is C23H26NO3+. The Balaban J connectivity index is 1.91. The van der Waals surface area contributed by atoms with E-state index in [1.165, 1.54) is 12.8 Å². The largest absolute Gasteiger partial charge is 0.494 e. The number of rotatable bonds is 5. The number of nitrogens with zero attached hydrogens (tertiary/aromatic N) is 1. The molecule has 0 fully saturated rings. The maximum atomic E-state index is 11.9. The second-order valence-corrected chi connectivity index (χ2v) is 7.13. The van der Waals surface area contributed by atoms with Crippen molar-refractivity contribution in [3.8, 4) is 5.75 Å². The van der Waals surface area contributed by atoms with Crippen LogP contribution in [0.15, 0.2) is 48.5 Å². The lowest BCUT2D eigenvalue weighted by molar-refractivity contribution is -0.401. The number of hydrogen-bond donors (Lipinski definition) is 0. The topological polar surface area (TPSA) is 38.5 Å². The van der Waals surface area contributed by atoms with E-state index in [1.807, 2.05) is 49.4 Å². The van der Waals surface area contributed by atoms with Crippen LogP contribution in [0.2, 0.25) is 0 Å². The Labute approximate surface area is 160 Å². The Morgan fingerprint density at radius 1 is 1.11 bits per heavy atom. The fraction of sp³-hybridized carbons (Fsp3) is 0.304. The third kappa shape index (κ3) is 3.52. The number of allylic oxidation sites excluding steroid dienone is 1. The lowest BCUT2D eigenvalue weighted by Gasteiger charge is -2.16. The minimum absolute atomic E-state index is 0.212. The fourth-order valence-corrected chi connectivity index (χ4v) is 3.60. The predicted octanol–water partition coefficient (Wildman–Crippen LogP) is 4.59. The second-order valence-electron chi connectivity index (χ2n) is 7.13. The zero-order valence-electron chi connectivity index (χ0n) is 16.6. The van der Waals surface area contributed by atoms with Crippen molar-refractivity contribution in [1.82, 2.24) is 0 Å². The highest BCUT2D eigenvalue weighted by atomic mass is 16.5. The zero-order valence-corrected chi connectivity index (χ0v) is 16.6. The first-order chi connectivity index (χ1) is 12.9. The number of methoxy groups -OCH3 is 1. The molecule has 0 unspecified atom stereocenters. The molecule has 1 aliphatic heterocycles. The van der Waals surface area contributed by atoms with Crippen molar-refractivity contribution in [2.45, 2.75) is 26.2 Å². The van der Waals surface area contributed by atoms with E-state index in [-0.39, 0.29) is 11.4 Å². The van der Waals surface area contributed by atoms with E-state index in [9.17, 15) is 4.79 Å². The molecule has 2 aromatic rings. The summed E-state index contributed by atoms with van der Waals surface area (Å²) in [5, 5.41) is 0. The summed E-state index contributed by atoms with van der Waals surface area (Å²) in [5.74, 6) is 0.568. The predicted molar refractivity (Wildman–Crippen MR) is 108 cm³/mol. The molecule has 1 heterocycles. The molecule has 3 rings (SSSR count). The summed E-state index contributed by atoms with van der Waals surface area (Å²) in [6.07, 6.45) is 4.25. The van der Waals surface area contributed by atoms with Crippen LogP contribution in [0.5, 0.6) is 5.75 Å². The summed E-state index contributed by atoms with van der Waals surface area (Å²) < 4.78 is 12.5. The molecule has 0 saturated heterocycles. The zero-order chi connectivity index (χ0) is 19.6. The quantitative estimate of drug-likeness (QED) is 0.575. The van der Waals surface area contributed by atoms with E-state index in [4.69, 9.17) is 9.47 Å². The van der Waals surface area contributed by atoms with E-state index in [1.54, 1.807) is 0 Å². The van der Waals surface area contributed by atoms with E-state index < -0.39 is 0 Å². The first-order valence-electron chi connectivity index (χ1n) is 9.13. The van der Waals surface area contributed by atoms with Gasteiger partial charge in [0.15, 0.2) is 5.71 Å². The minimum Gasteiger partial charge on any atom is -0.494 e. The van der Waals surface area contributed by atoms with Gasteiger partial charge in [-0.2, -0.15) is 4.58 Å². The van der Waals surface area contributed by atoms with Crippen LogP contribution in [0.1, 0.15) is 42.3 Å². The molecule has 0 atom stereocenters. The molecule has 27 heavy (non-hydrogen) atoms. The number of ether oxygens (including phenoxy) is 2. The van der Waals surface area contributed by atoms with Crippen molar-refractivity contribution in [3.05, 3.63) is 65.2 Å². The highest BCUT2D eigenvalue weighted by Crippen LogP contribution is 2.40. The number of hydrogen-bond acceptors (Lipinski definition) is 3. The molecule has 0 N–H and O–H groups in total. The van der Waals surface area contributed by atoms with E-state index in [0.29, 0.717) is 12.2 Å². The first kappa shape index (κ1) is 18.9. The van der Waals surface area contributed by atoms with Gasteiger partial charge in [-0.1, -0.05) is 12.1 Å². The second kappa shape index (κ2) is 7.39. The van der Waals surface area contributed by atoms with Crippen LogP contribution < -0.4 is 4.74 Å². The fourth-order valence-electron chi connectivity index (χ4n) is 3.60. The van der Waals surface area contributed by atoms with Crippen molar-refractivity contribution < 1.29 is 18.8 Å². The number of benzene rings is 2. The average Bonchev–Trinajstić information content (AvgIpc) is 2.86. The number of carbonyl (C=O) groups excluding carboxylic acids is 1. The molecule has 0 radical (unpaired) electrons. The van der Waals surface area contributed by atoms with Gasteiger partial charge in [0.2, 0.25) is 5.69 Å². The molecule has 0 saturated carbocycles. The summed E-state index contributed by atoms with van der Waals surface area (Å²) in [6.45, 7) is 6.99. The normalized spacial score (nSPS) is 15.1. The lowest BCUT2D eigenvalue weighted by Crippen LogP contribution is -2.26. The summed E-state index contributed by atoms with van der Waals surface area (Å²) in [5.41, 5.74) is 4.89. The minimum atomic E-state index is -0.311. The third-order valence-corrected chi connectivity index (χ3v) is 5.08. The molecule has 140 valence electrons. The number of esters is 1. The Morgan fingerprint density at radius 3 is 2.44 bits per heavy atom. The molecule has 4 heteroatoms. The van der Waals surface area contributed by atoms with Gasteiger partial charge in [0.05, 0.1) is 24.7 Å². The van der Waals surface area contributed by atoms with Crippen molar-refractivity contribution in [2.75, 3.05) is 20.8 Å². The van der Waals surface area contributed by atoms with E-state index in [0.717, 1.165) is 22.6 Å². The number of carbonyl (C=O) groups is 1. The Hall–Kier alpha value is -2.88. The van der Waals surface area contributed by atoms with Crippen LogP contribution in [0.3, 0.4) is 0 Å². The molecule has 0 spiro atoms. The van der Waals surface area contributed by atoms with Crippen LogP contribution in [-0.2, 0) is 10.2 Å². The smallest absolute Gasteiger partial charge is 0.337 e. The van der Waals surface area contributed by atoms with Crippen molar-refractivity contribution >= 4 is 23.4 Å². The summed E-state index contributed by atoms with van der Waals surface area (Å²) >= 11 is 0. The molecule has 0 bridgehead atoms. The van der Waals surface area contributed by atoms with Crippen LogP contribution in [0.25, 0.3) is 6.08 Å². The van der Waals surface area contributed by atoms with Gasteiger partial charge in [-0.3, -0.25) is 0 Å². The van der Waals surface area contributed by atoms with Gasteiger partial charge in [0.1, 0.15) is 12.8 Å². The summed E-state index contributed by atoms with van der Waals surface area (Å²) in [6, 6.07) is 13.8. The molecule has 2 aromatic carbocycles. The molecule has 0 amide bonds. The van der Waals surface area contributed by atoms with Gasteiger partial charge in [0, 0.05) is 17.7 Å². The van der Waals surface area contributed by atoms with Gasteiger partial charge in [-0.05, 0) is 56.7 Å². The SMILES string of the molecule is CCOc1ccc(C=CC2=[N+](C)c3ccc(C(=O)OC)cc3C2(C)C)cc1. The van der Waals surface area contributed by atoms with Crippen molar-refractivity contribution in [3.63, 3.8) is 0 Å². The van der Waals surface area contributed by atoms with Crippen LogP contribution >= 0.6 is 0 Å². The van der Waals surface area contributed by atoms with E-state index >= 15 is 0 Å². The average molecular weight is 364 g/mol. The summed E-state index contributed by atoms with van der Waals surface area (Å²) in [4.78, 5) is 11.9. The lowest BCUT2D eigenvalue weighted by atomic mass is 9.80. The third-order valence-electron chi connectivity index (χ3n) is 5.08. The molecule has 1 aliphatic rings. The maximum Gasteiger partial charge on any atom is 0.337 e. The van der Waals surface area contributed by atoms with Gasteiger partial charge >= 0.3 is 5.97 Å². The molecular weight excluding hydrogens is 338 g/mol. The first-order valence-corrected chi connectivity index (χ1v) is 9.13. The summed E-state index contributed by atoms with van der Waals surface area (Å²) in [7, 11) is 3.47. The van der Waals surface area contributed by atoms with Gasteiger partial charge in [-0.15, -0.1) is 0 Å². The van der Waals surface area contributed by atoms with Gasteiger partial charge in [-0.25, -0.2) is 4.79 Å². The van der Waals surface area contributed by atoms with Crippen LogP contribution in [0, 0.1) is 0 Å². The monoisotopic (exact) mass is 364 g/mol. The van der Waals surface area contributed by atoms with Crippen LogP contribution in [-0.4, -0.2) is 37.0 Å². The Morgan fingerprint density at radius 2 is 1.81 bits per heavy atom. The molecule has 4 nitrogen and oxygen atoms in total. The maximum absolute atomic E-state index is 11.9. The van der Waals surface area contributed by atoms with Crippen LogP contribution in [0.4, 0.5) is 5.69 Å². The van der Waals surface area contributed by atoms with Crippen molar-refractivity contribution in [1.29, 1.82) is 0 Å². The van der Waals surface area contributed by atoms with Gasteiger partial charge in [0.25, 0.3) is 0 Å². The highest BCUT2D eigenvalue weighted by molar-refractivity contribution is 6.05. The Bertz CT molecular complexity index is 921. The van der Waals surface area contributed by atoms with E-state index in [2.05, 4.69) is 37.6 Å². The van der Waals surface area contributed by atoms with Gasteiger partial charge < -0.3 is 9.47 Å². The Kier molecular flexibility index (Phi) is 5.17. The standard InChI is InChI=1S/C23H26NO3/c1-6-27-18-11-7-16(8-12-18)9-14-21-23(2,3)19-15-17(22(25)26-5)10-13-20(19)24(21)4/h7-15H,6H2,1-5H3/q+1. The highest BCUT2D eigenvalue weighted by Gasteiger charge is 2.43. The number of fused-ring (bicyclic) bond motifs is 1. The molecule has 0 aliphatic carbocycles.